The standard InChI is InChI=1S/C18H12N2O6/c21-7-19-15(23)11-3-1-9(5-13(11)17(19)25)10-2-4-12-14(6-10)18(26)20(8-22)16(12)24/h1-6,21-22H,7-8H2. The summed E-state index contributed by atoms with van der Waals surface area (Å²) in [6.45, 7) is -1.40. The van der Waals surface area contributed by atoms with Crippen molar-refractivity contribution in [2.75, 3.05) is 13.5 Å². The summed E-state index contributed by atoms with van der Waals surface area (Å²) >= 11 is 0. The molecule has 0 unspecified atom stereocenters. The van der Waals surface area contributed by atoms with Crippen LogP contribution in [0.2, 0.25) is 0 Å². The second-order valence-corrected chi connectivity index (χ2v) is 5.88. The zero-order chi connectivity index (χ0) is 18.6. The van der Waals surface area contributed by atoms with E-state index in [1.165, 1.54) is 24.3 Å². The van der Waals surface area contributed by atoms with E-state index in [1.807, 2.05) is 0 Å². The summed E-state index contributed by atoms with van der Waals surface area (Å²) in [6, 6.07) is 9.24. The summed E-state index contributed by atoms with van der Waals surface area (Å²) < 4.78 is 0. The molecule has 0 bridgehead atoms. The van der Waals surface area contributed by atoms with Crippen molar-refractivity contribution in [1.82, 2.24) is 9.80 Å². The molecule has 0 spiro atoms. The van der Waals surface area contributed by atoms with Crippen LogP contribution in [0, 0.1) is 0 Å². The van der Waals surface area contributed by atoms with Crippen LogP contribution in [-0.4, -0.2) is 57.1 Å². The maximum atomic E-state index is 12.2. The molecular formula is C18H12N2O6. The average Bonchev–Trinajstić information content (AvgIpc) is 3.05. The van der Waals surface area contributed by atoms with E-state index < -0.39 is 37.1 Å². The number of amides is 4. The third-order valence-corrected chi connectivity index (χ3v) is 4.56. The molecule has 4 amide bonds. The van der Waals surface area contributed by atoms with Crippen molar-refractivity contribution in [3.63, 3.8) is 0 Å². The van der Waals surface area contributed by atoms with Gasteiger partial charge in [-0.25, -0.2) is 0 Å². The summed E-state index contributed by atoms with van der Waals surface area (Å²) in [5.74, 6) is -2.30. The number of imide groups is 2. The van der Waals surface area contributed by atoms with Gasteiger partial charge in [-0.05, 0) is 35.4 Å². The highest BCUT2D eigenvalue weighted by molar-refractivity contribution is 6.22. The molecule has 2 aliphatic rings. The lowest BCUT2D eigenvalue weighted by Crippen LogP contribution is -2.30. The molecule has 26 heavy (non-hydrogen) atoms. The molecule has 2 aliphatic heterocycles. The highest BCUT2D eigenvalue weighted by atomic mass is 16.3. The van der Waals surface area contributed by atoms with Crippen LogP contribution in [0.1, 0.15) is 41.4 Å². The number of carbonyl (C=O) groups is 4. The Bertz CT molecular complexity index is 931. The first-order valence-corrected chi connectivity index (χ1v) is 7.70. The molecule has 4 rings (SSSR count). The van der Waals surface area contributed by atoms with Crippen LogP contribution in [0.4, 0.5) is 0 Å². The maximum Gasteiger partial charge on any atom is 0.263 e. The fourth-order valence-corrected chi connectivity index (χ4v) is 3.20. The van der Waals surface area contributed by atoms with E-state index in [9.17, 15) is 19.2 Å². The molecule has 8 heteroatoms. The number of hydrogen-bond acceptors (Lipinski definition) is 6. The number of fused-ring (bicyclic) bond motifs is 2. The Kier molecular flexibility index (Phi) is 3.46. The smallest absolute Gasteiger partial charge is 0.263 e. The Hall–Kier alpha value is -3.36. The van der Waals surface area contributed by atoms with E-state index in [-0.39, 0.29) is 22.3 Å². The molecule has 2 N–H and O–H groups in total. The zero-order valence-electron chi connectivity index (χ0n) is 13.3. The van der Waals surface area contributed by atoms with Gasteiger partial charge in [0.05, 0.1) is 22.3 Å². The van der Waals surface area contributed by atoms with Crippen molar-refractivity contribution in [2.45, 2.75) is 0 Å². The van der Waals surface area contributed by atoms with E-state index in [0.717, 1.165) is 9.80 Å². The minimum absolute atomic E-state index is 0.168. The average molecular weight is 352 g/mol. The van der Waals surface area contributed by atoms with E-state index in [4.69, 9.17) is 10.2 Å². The van der Waals surface area contributed by atoms with Gasteiger partial charge in [0.2, 0.25) is 0 Å². The number of aliphatic hydroxyl groups excluding tert-OH is 2. The second kappa shape index (κ2) is 5.58. The minimum atomic E-state index is -0.700. The molecule has 0 saturated carbocycles. The van der Waals surface area contributed by atoms with Gasteiger partial charge in [0, 0.05) is 0 Å². The monoisotopic (exact) mass is 352 g/mol. The Labute approximate surface area is 146 Å². The Morgan fingerprint density at radius 3 is 1.27 bits per heavy atom. The zero-order valence-corrected chi connectivity index (χ0v) is 13.3. The van der Waals surface area contributed by atoms with Crippen LogP contribution < -0.4 is 0 Å². The van der Waals surface area contributed by atoms with E-state index in [0.29, 0.717) is 11.1 Å². The lowest BCUT2D eigenvalue weighted by molar-refractivity contribution is 0.0472. The van der Waals surface area contributed by atoms with Crippen LogP contribution in [0.3, 0.4) is 0 Å². The number of nitrogens with zero attached hydrogens (tertiary/aromatic N) is 2. The molecule has 8 nitrogen and oxygen atoms in total. The lowest BCUT2D eigenvalue weighted by Gasteiger charge is -2.07. The molecular weight excluding hydrogens is 340 g/mol. The predicted octanol–water partition coefficient (Wildman–Crippen LogP) is 0.445. The molecule has 0 saturated heterocycles. The van der Waals surface area contributed by atoms with Crippen molar-refractivity contribution in [3.05, 3.63) is 58.7 Å². The second-order valence-electron chi connectivity index (χ2n) is 5.88. The molecule has 2 aromatic carbocycles. The van der Waals surface area contributed by atoms with Gasteiger partial charge in [-0.1, -0.05) is 12.1 Å². The van der Waals surface area contributed by atoms with Gasteiger partial charge in [0.15, 0.2) is 0 Å². The highest BCUT2D eigenvalue weighted by Gasteiger charge is 2.36. The molecule has 0 aromatic heterocycles. The van der Waals surface area contributed by atoms with E-state index >= 15 is 0 Å². The quantitative estimate of drug-likeness (QED) is 0.775. The van der Waals surface area contributed by atoms with Crippen molar-refractivity contribution in [1.29, 1.82) is 0 Å². The maximum absolute atomic E-state index is 12.2. The van der Waals surface area contributed by atoms with Gasteiger partial charge in [-0.2, -0.15) is 0 Å². The molecule has 2 heterocycles. The normalized spacial score (nSPS) is 15.8. The van der Waals surface area contributed by atoms with Gasteiger partial charge in [-0.15, -0.1) is 0 Å². The fourth-order valence-electron chi connectivity index (χ4n) is 3.20. The largest absolute Gasteiger partial charge is 0.376 e. The first-order valence-electron chi connectivity index (χ1n) is 7.70. The molecule has 0 fully saturated rings. The first kappa shape index (κ1) is 16.1. The fraction of sp³-hybridized carbons (Fsp3) is 0.111. The SMILES string of the molecule is O=C1c2ccc(-c3ccc4c(c3)C(=O)N(CO)C4=O)cc2C(=O)N1CO. The number of aliphatic hydroxyl groups is 2. The third kappa shape index (κ3) is 2.03. The Morgan fingerprint density at radius 2 is 0.923 bits per heavy atom. The van der Waals surface area contributed by atoms with Crippen molar-refractivity contribution in [3.8, 4) is 11.1 Å². The van der Waals surface area contributed by atoms with Gasteiger partial charge in [0.1, 0.15) is 13.5 Å². The van der Waals surface area contributed by atoms with Crippen molar-refractivity contribution < 1.29 is 29.4 Å². The lowest BCUT2D eigenvalue weighted by atomic mass is 9.97. The summed E-state index contributed by atoms with van der Waals surface area (Å²) in [4.78, 5) is 49.9. The van der Waals surface area contributed by atoms with Crippen LogP contribution in [0.15, 0.2) is 36.4 Å². The van der Waals surface area contributed by atoms with Crippen molar-refractivity contribution >= 4 is 23.6 Å². The Balaban J connectivity index is 1.78. The molecule has 0 radical (unpaired) electrons. The van der Waals surface area contributed by atoms with E-state index in [2.05, 4.69) is 0 Å². The van der Waals surface area contributed by atoms with Gasteiger partial charge < -0.3 is 10.2 Å². The summed E-state index contributed by atoms with van der Waals surface area (Å²) in [7, 11) is 0. The van der Waals surface area contributed by atoms with E-state index in [1.54, 1.807) is 12.1 Å². The molecule has 2 aromatic rings. The van der Waals surface area contributed by atoms with Gasteiger partial charge >= 0.3 is 0 Å². The van der Waals surface area contributed by atoms with Gasteiger partial charge in [0.25, 0.3) is 23.6 Å². The third-order valence-electron chi connectivity index (χ3n) is 4.56. The van der Waals surface area contributed by atoms with Crippen molar-refractivity contribution in [2.24, 2.45) is 0 Å². The predicted molar refractivity (Wildman–Crippen MR) is 87.0 cm³/mol. The molecule has 0 atom stereocenters. The number of hydrogen-bond donors (Lipinski definition) is 2. The number of benzene rings is 2. The summed E-state index contributed by atoms with van der Waals surface area (Å²) in [5, 5.41) is 18.3. The van der Waals surface area contributed by atoms with Crippen LogP contribution in [0.25, 0.3) is 11.1 Å². The number of carbonyl (C=O) groups excluding carboxylic acids is 4. The minimum Gasteiger partial charge on any atom is -0.376 e. The first-order chi connectivity index (χ1) is 12.5. The number of rotatable bonds is 3. The molecule has 130 valence electrons. The molecule has 0 aliphatic carbocycles. The van der Waals surface area contributed by atoms with Crippen LogP contribution >= 0.6 is 0 Å². The topological polar surface area (TPSA) is 115 Å². The highest BCUT2D eigenvalue weighted by Crippen LogP contribution is 2.31. The Morgan fingerprint density at radius 1 is 0.577 bits per heavy atom. The van der Waals surface area contributed by atoms with Crippen LogP contribution in [-0.2, 0) is 0 Å². The summed E-state index contributed by atoms with van der Waals surface area (Å²) in [6.07, 6.45) is 0. The van der Waals surface area contributed by atoms with Crippen LogP contribution in [0.5, 0.6) is 0 Å². The van der Waals surface area contributed by atoms with Gasteiger partial charge in [-0.3, -0.25) is 29.0 Å². The summed E-state index contributed by atoms with van der Waals surface area (Å²) in [5.41, 5.74) is 1.89.